The molecule has 0 saturated heterocycles. The average molecular weight is 398 g/mol. The number of carbonyl (C=O) groups excluding carboxylic acids is 1. The Morgan fingerprint density at radius 1 is 1.04 bits per heavy atom. The minimum Gasteiger partial charge on any atom is -0.495 e. The molecule has 0 bridgehead atoms. The second-order valence-corrected chi connectivity index (χ2v) is 6.04. The summed E-state index contributed by atoms with van der Waals surface area (Å²) >= 11 is 3.42. The molecule has 126 valence electrons. The lowest BCUT2D eigenvalue weighted by Gasteiger charge is -2.11. The molecule has 2 aromatic carbocycles. The van der Waals surface area contributed by atoms with Crippen LogP contribution in [0.5, 0.6) is 5.75 Å². The van der Waals surface area contributed by atoms with Crippen LogP contribution in [0.3, 0.4) is 0 Å². The first-order valence-electron chi connectivity index (χ1n) is 7.59. The van der Waals surface area contributed by atoms with E-state index in [2.05, 4.69) is 31.5 Å². The molecular weight excluding hydrogens is 382 g/mol. The number of benzene rings is 2. The van der Waals surface area contributed by atoms with Crippen LogP contribution in [-0.2, 0) is 0 Å². The van der Waals surface area contributed by atoms with Gasteiger partial charge in [-0.25, -0.2) is 4.98 Å². The number of anilines is 3. The van der Waals surface area contributed by atoms with E-state index in [9.17, 15) is 4.79 Å². The maximum Gasteiger partial charge on any atom is 0.255 e. The van der Waals surface area contributed by atoms with Gasteiger partial charge in [-0.15, -0.1) is 0 Å². The zero-order chi connectivity index (χ0) is 17.6. The number of carbonyl (C=O) groups is 1. The van der Waals surface area contributed by atoms with Gasteiger partial charge in [0.05, 0.1) is 18.5 Å². The van der Waals surface area contributed by atoms with E-state index in [1.807, 2.05) is 48.5 Å². The highest BCUT2D eigenvalue weighted by Crippen LogP contribution is 2.27. The molecule has 0 unspecified atom stereocenters. The van der Waals surface area contributed by atoms with Crippen LogP contribution in [0.25, 0.3) is 0 Å². The lowest BCUT2D eigenvalue weighted by atomic mass is 10.2. The predicted octanol–water partition coefficient (Wildman–Crippen LogP) is 4.85. The van der Waals surface area contributed by atoms with Gasteiger partial charge in [-0.3, -0.25) is 4.79 Å². The molecule has 0 aliphatic rings. The van der Waals surface area contributed by atoms with Crippen molar-refractivity contribution < 1.29 is 9.53 Å². The topological polar surface area (TPSA) is 63.2 Å². The molecule has 6 heteroatoms. The summed E-state index contributed by atoms with van der Waals surface area (Å²) < 4.78 is 6.14. The van der Waals surface area contributed by atoms with E-state index in [-0.39, 0.29) is 5.91 Å². The molecule has 2 N–H and O–H groups in total. The maximum atomic E-state index is 12.5. The normalized spacial score (nSPS) is 10.2. The molecule has 1 amide bonds. The van der Waals surface area contributed by atoms with Crippen molar-refractivity contribution >= 4 is 39.0 Å². The number of pyridine rings is 1. The molecule has 25 heavy (non-hydrogen) atoms. The minimum atomic E-state index is -0.211. The lowest BCUT2D eigenvalue weighted by molar-refractivity contribution is 0.102. The average Bonchev–Trinajstić information content (AvgIpc) is 2.64. The zero-order valence-corrected chi connectivity index (χ0v) is 15.1. The molecule has 3 rings (SSSR count). The predicted molar refractivity (Wildman–Crippen MR) is 103 cm³/mol. The van der Waals surface area contributed by atoms with Crippen LogP contribution in [0, 0.1) is 0 Å². The number of nitrogens with one attached hydrogen (secondary N) is 2. The Labute approximate surface area is 154 Å². The van der Waals surface area contributed by atoms with Gasteiger partial charge in [0.15, 0.2) is 0 Å². The number of hydrogen-bond donors (Lipinski definition) is 2. The quantitative estimate of drug-likeness (QED) is 0.645. The van der Waals surface area contributed by atoms with Gasteiger partial charge in [0.2, 0.25) is 0 Å². The largest absolute Gasteiger partial charge is 0.495 e. The molecule has 0 radical (unpaired) electrons. The first kappa shape index (κ1) is 17.0. The van der Waals surface area contributed by atoms with E-state index < -0.39 is 0 Å². The smallest absolute Gasteiger partial charge is 0.255 e. The number of aromatic nitrogens is 1. The van der Waals surface area contributed by atoms with Gasteiger partial charge in [-0.05, 0) is 52.3 Å². The summed E-state index contributed by atoms with van der Waals surface area (Å²) in [5.41, 5.74) is 1.99. The standard InChI is InChI=1S/C19H16BrN3O2/c1-25-17-9-5-4-8-16(17)22-18-12-13(10-11-21-18)19(24)23-15-7-3-2-6-14(15)20/h2-12H,1H3,(H,21,22)(H,23,24). The summed E-state index contributed by atoms with van der Waals surface area (Å²) in [6.45, 7) is 0. The summed E-state index contributed by atoms with van der Waals surface area (Å²) in [7, 11) is 1.61. The summed E-state index contributed by atoms with van der Waals surface area (Å²) in [5.74, 6) is 1.05. The number of nitrogens with zero attached hydrogens (tertiary/aromatic N) is 1. The molecule has 0 aliphatic heterocycles. The van der Waals surface area contributed by atoms with Crippen LogP contribution in [-0.4, -0.2) is 18.0 Å². The van der Waals surface area contributed by atoms with Crippen LogP contribution in [0.4, 0.5) is 17.2 Å². The van der Waals surface area contributed by atoms with Crippen LogP contribution < -0.4 is 15.4 Å². The van der Waals surface area contributed by atoms with Crippen LogP contribution in [0.1, 0.15) is 10.4 Å². The maximum absolute atomic E-state index is 12.5. The first-order chi connectivity index (χ1) is 12.2. The van der Waals surface area contributed by atoms with Crippen molar-refractivity contribution in [3.63, 3.8) is 0 Å². The number of methoxy groups -OCH3 is 1. The third-order valence-electron chi connectivity index (χ3n) is 3.51. The number of halogens is 1. The molecule has 0 atom stereocenters. The fourth-order valence-electron chi connectivity index (χ4n) is 2.28. The highest BCUT2D eigenvalue weighted by atomic mass is 79.9. The van der Waals surface area contributed by atoms with Crippen LogP contribution in [0.2, 0.25) is 0 Å². The molecule has 0 spiro atoms. The number of para-hydroxylation sites is 3. The molecule has 0 fully saturated rings. The molecule has 5 nitrogen and oxygen atoms in total. The van der Waals surface area contributed by atoms with Crippen molar-refractivity contribution in [1.82, 2.24) is 4.98 Å². The van der Waals surface area contributed by atoms with Gasteiger partial charge in [0.25, 0.3) is 5.91 Å². The Bertz CT molecular complexity index is 899. The van der Waals surface area contributed by atoms with E-state index >= 15 is 0 Å². The number of rotatable bonds is 5. The van der Waals surface area contributed by atoms with Crippen molar-refractivity contribution in [3.8, 4) is 5.75 Å². The minimum absolute atomic E-state index is 0.211. The summed E-state index contributed by atoms with van der Waals surface area (Å²) in [5, 5.41) is 6.04. The molecule has 0 saturated carbocycles. The number of amides is 1. The van der Waals surface area contributed by atoms with Crippen molar-refractivity contribution in [1.29, 1.82) is 0 Å². The second kappa shape index (κ2) is 7.81. The summed E-state index contributed by atoms with van der Waals surface area (Å²) in [6.07, 6.45) is 1.59. The van der Waals surface area contributed by atoms with Gasteiger partial charge < -0.3 is 15.4 Å². The van der Waals surface area contributed by atoms with Crippen LogP contribution in [0.15, 0.2) is 71.3 Å². The van der Waals surface area contributed by atoms with Crippen molar-refractivity contribution in [2.45, 2.75) is 0 Å². The Kier molecular flexibility index (Phi) is 5.30. The molecule has 3 aromatic rings. The van der Waals surface area contributed by atoms with Crippen molar-refractivity contribution in [3.05, 3.63) is 76.9 Å². The Hall–Kier alpha value is -2.86. The van der Waals surface area contributed by atoms with E-state index in [4.69, 9.17) is 4.74 Å². The number of hydrogen-bond acceptors (Lipinski definition) is 4. The van der Waals surface area contributed by atoms with Gasteiger partial charge >= 0.3 is 0 Å². The van der Waals surface area contributed by atoms with E-state index in [0.29, 0.717) is 22.8 Å². The SMILES string of the molecule is COc1ccccc1Nc1cc(C(=O)Nc2ccccc2Br)ccn1. The van der Waals surface area contributed by atoms with Gasteiger partial charge in [0, 0.05) is 16.2 Å². The lowest BCUT2D eigenvalue weighted by Crippen LogP contribution is -2.12. The van der Waals surface area contributed by atoms with Gasteiger partial charge in [-0.1, -0.05) is 24.3 Å². The van der Waals surface area contributed by atoms with Crippen LogP contribution >= 0.6 is 15.9 Å². The Morgan fingerprint density at radius 2 is 1.76 bits per heavy atom. The third-order valence-corrected chi connectivity index (χ3v) is 4.21. The van der Waals surface area contributed by atoms with Gasteiger partial charge in [-0.2, -0.15) is 0 Å². The highest BCUT2D eigenvalue weighted by molar-refractivity contribution is 9.10. The first-order valence-corrected chi connectivity index (χ1v) is 8.38. The monoisotopic (exact) mass is 397 g/mol. The highest BCUT2D eigenvalue weighted by Gasteiger charge is 2.10. The summed E-state index contributed by atoms with van der Waals surface area (Å²) in [4.78, 5) is 16.7. The van der Waals surface area contributed by atoms with E-state index in [1.54, 1.807) is 25.4 Å². The molecule has 1 aromatic heterocycles. The van der Waals surface area contributed by atoms with E-state index in [0.717, 1.165) is 10.2 Å². The second-order valence-electron chi connectivity index (χ2n) is 5.19. The fraction of sp³-hybridized carbons (Fsp3) is 0.0526. The van der Waals surface area contributed by atoms with E-state index in [1.165, 1.54) is 0 Å². The van der Waals surface area contributed by atoms with Gasteiger partial charge in [0.1, 0.15) is 11.6 Å². The molecule has 0 aliphatic carbocycles. The Morgan fingerprint density at radius 3 is 2.52 bits per heavy atom. The number of ether oxygens (including phenoxy) is 1. The third kappa shape index (κ3) is 4.16. The summed E-state index contributed by atoms with van der Waals surface area (Å²) in [6, 6.07) is 18.3. The van der Waals surface area contributed by atoms with Crippen molar-refractivity contribution in [2.75, 3.05) is 17.7 Å². The van der Waals surface area contributed by atoms with Crippen molar-refractivity contribution in [2.24, 2.45) is 0 Å². The Balaban J connectivity index is 1.79. The molecule has 1 heterocycles. The zero-order valence-electron chi connectivity index (χ0n) is 13.5. The molecular formula is C19H16BrN3O2. The fourth-order valence-corrected chi connectivity index (χ4v) is 2.67.